The van der Waals surface area contributed by atoms with Gasteiger partial charge in [0.1, 0.15) is 5.69 Å². The number of piperazine rings is 1. The minimum Gasteiger partial charge on any atom is -0.465 e. The first kappa shape index (κ1) is 12.0. The Morgan fingerprint density at radius 3 is 2.29 bits per heavy atom. The van der Waals surface area contributed by atoms with Crippen molar-refractivity contribution in [1.82, 2.24) is 14.8 Å². The predicted molar refractivity (Wildman–Crippen MR) is 64.0 cm³/mol. The van der Waals surface area contributed by atoms with Gasteiger partial charge in [-0.05, 0) is 22.0 Å². The zero-order valence-electron chi connectivity index (χ0n) is 9.02. The molecule has 0 aromatic carbocycles. The fourth-order valence-corrected chi connectivity index (χ4v) is 2.11. The summed E-state index contributed by atoms with van der Waals surface area (Å²) in [5.41, 5.74) is 0.514. The molecule has 0 saturated carbocycles. The van der Waals surface area contributed by atoms with Crippen LogP contribution in [0.5, 0.6) is 0 Å². The van der Waals surface area contributed by atoms with Crippen LogP contribution in [0.15, 0.2) is 16.7 Å². The highest BCUT2D eigenvalue weighted by Gasteiger charge is 2.24. The molecule has 2 rings (SSSR count). The number of amides is 2. The molecule has 1 fully saturated rings. The molecule has 0 radical (unpaired) electrons. The molecule has 1 aromatic heterocycles. The van der Waals surface area contributed by atoms with Gasteiger partial charge in [0.05, 0.1) is 0 Å². The van der Waals surface area contributed by atoms with Crippen molar-refractivity contribution in [2.45, 2.75) is 0 Å². The lowest BCUT2D eigenvalue weighted by atomic mass is 10.3. The van der Waals surface area contributed by atoms with Gasteiger partial charge in [0.25, 0.3) is 5.91 Å². The molecule has 1 aliphatic rings. The molecule has 1 aromatic rings. The Balaban J connectivity index is 1.97. The number of nitrogens with one attached hydrogen (secondary N) is 1. The van der Waals surface area contributed by atoms with Crippen LogP contribution in [0.25, 0.3) is 0 Å². The number of carboxylic acid groups (broad SMARTS) is 1. The second-order valence-corrected chi connectivity index (χ2v) is 4.71. The Morgan fingerprint density at radius 1 is 1.24 bits per heavy atom. The summed E-state index contributed by atoms with van der Waals surface area (Å²) in [4.78, 5) is 28.5. The summed E-state index contributed by atoms with van der Waals surface area (Å²) in [6.07, 6.45) is 0.764. The maximum Gasteiger partial charge on any atom is 0.407 e. The van der Waals surface area contributed by atoms with Crippen LogP contribution in [0.4, 0.5) is 4.79 Å². The van der Waals surface area contributed by atoms with Crippen molar-refractivity contribution in [2.24, 2.45) is 0 Å². The first-order valence-electron chi connectivity index (χ1n) is 5.19. The van der Waals surface area contributed by atoms with Gasteiger partial charge in [-0.25, -0.2) is 4.79 Å². The van der Waals surface area contributed by atoms with E-state index in [9.17, 15) is 9.59 Å². The van der Waals surface area contributed by atoms with Crippen molar-refractivity contribution in [1.29, 1.82) is 0 Å². The van der Waals surface area contributed by atoms with E-state index in [0.717, 1.165) is 4.47 Å². The summed E-state index contributed by atoms with van der Waals surface area (Å²) in [5.74, 6) is -0.0965. The van der Waals surface area contributed by atoms with E-state index in [-0.39, 0.29) is 5.91 Å². The van der Waals surface area contributed by atoms with Crippen molar-refractivity contribution in [3.05, 3.63) is 22.4 Å². The van der Waals surface area contributed by atoms with Crippen molar-refractivity contribution in [3.8, 4) is 0 Å². The molecule has 92 valence electrons. The van der Waals surface area contributed by atoms with E-state index in [1.165, 1.54) is 4.90 Å². The summed E-state index contributed by atoms with van der Waals surface area (Å²) in [7, 11) is 0. The summed E-state index contributed by atoms with van der Waals surface area (Å²) < 4.78 is 0.824. The third-order valence-corrected chi connectivity index (χ3v) is 3.17. The van der Waals surface area contributed by atoms with Crippen LogP contribution < -0.4 is 0 Å². The highest BCUT2D eigenvalue weighted by Crippen LogP contribution is 2.13. The van der Waals surface area contributed by atoms with E-state index in [1.54, 1.807) is 17.2 Å². The molecule has 0 unspecified atom stereocenters. The topological polar surface area (TPSA) is 76.6 Å². The Labute approximate surface area is 106 Å². The SMILES string of the molecule is O=C(O)N1CCN(C(=O)c2cc(Br)c[nH]2)CC1. The minimum absolute atomic E-state index is 0.0965. The van der Waals surface area contributed by atoms with Gasteiger partial charge < -0.3 is 19.9 Å². The molecule has 1 saturated heterocycles. The molecule has 7 heteroatoms. The van der Waals surface area contributed by atoms with Gasteiger partial charge in [-0.1, -0.05) is 0 Å². The molecule has 0 bridgehead atoms. The fraction of sp³-hybridized carbons (Fsp3) is 0.400. The molecule has 0 atom stereocenters. The largest absolute Gasteiger partial charge is 0.465 e. The maximum absolute atomic E-state index is 12.0. The van der Waals surface area contributed by atoms with E-state index in [1.807, 2.05) is 0 Å². The zero-order chi connectivity index (χ0) is 12.4. The molecule has 2 amide bonds. The second kappa shape index (κ2) is 4.79. The minimum atomic E-state index is -0.931. The summed E-state index contributed by atoms with van der Waals surface area (Å²) in [6.45, 7) is 1.59. The average molecular weight is 302 g/mol. The monoisotopic (exact) mass is 301 g/mol. The molecule has 2 heterocycles. The highest BCUT2D eigenvalue weighted by atomic mass is 79.9. The molecule has 17 heavy (non-hydrogen) atoms. The number of carbonyl (C=O) groups excluding carboxylic acids is 1. The zero-order valence-corrected chi connectivity index (χ0v) is 10.6. The van der Waals surface area contributed by atoms with Gasteiger partial charge in [0.15, 0.2) is 0 Å². The number of halogens is 1. The third kappa shape index (κ3) is 2.60. The molecular formula is C10H12BrN3O3. The molecular weight excluding hydrogens is 290 g/mol. The van der Waals surface area contributed by atoms with E-state index in [2.05, 4.69) is 20.9 Å². The number of H-pyrrole nitrogens is 1. The number of aromatic nitrogens is 1. The van der Waals surface area contributed by atoms with Crippen LogP contribution in [-0.4, -0.2) is 58.1 Å². The Hall–Kier alpha value is -1.50. The number of hydrogen-bond donors (Lipinski definition) is 2. The molecule has 2 N–H and O–H groups in total. The Morgan fingerprint density at radius 2 is 1.82 bits per heavy atom. The smallest absolute Gasteiger partial charge is 0.407 e. The van der Waals surface area contributed by atoms with Gasteiger partial charge in [-0.15, -0.1) is 0 Å². The lowest BCUT2D eigenvalue weighted by Crippen LogP contribution is -2.50. The van der Waals surface area contributed by atoms with Gasteiger partial charge in [0.2, 0.25) is 0 Å². The van der Waals surface area contributed by atoms with Gasteiger partial charge in [-0.2, -0.15) is 0 Å². The van der Waals surface area contributed by atoms with Crippen molar-refractivity contribution in [2.75, 3.05) is 26.2 Å². The Kier molecular flexibility index (Phi) is 3.37. The average Bonchev–Trinajstić information content (AvgIpc) is 2.75. The first-order chi connectivity index (χ1) is 8.08. The quantitative estimate of drug-likeness (QED) is 0.818. The van der Waals surface area contributed by atoms with Crippen LogP contribution in [0.2, 0.25) is 0 Å². The predicted octanol–water partition coefficient (Wildman–Crippen LogP) is 1.21. The second-order valence-electron chi connectivity index (χ2n) is 3.79. The maximum atomic E-state index is 12.0. The lowest BCUT2D eigenvalue weighted by Gasteiger charge is -2.32. The summed E-state index contributed by atoms with van der Waals surface area (Å²) >= 11 is 3.27. The van der Waals surface area contributed by atoms with Crippen molar-refractivity contribution in [3.63, 3.8) is 0 Å². The molecule has 1 aliphatic heterocycles. The molecule has 0 aliphatic carbocycles. The standard InChI is InChI=1S/C10H12BrN3O3/c11-7-5-8(12-6-7)9(15)13-1-3-14(4-2-13)10(16)17/h5-6,12H,1-4H2,(H,16,17). The highest BCUT2D eigenvalue weighted by molar-refractivity contribution is 9.10. The third-order valence-electron chi connectivity index (χ3n) is 2.72. The number of hydrogen-bond acceptors (Lipinski definition) is 2. The van der Waals surface area contributed by atoms with E-state index >= 15 is 0 Å². The van der Waals surface area contributed by atoms with Crippen LogP contribution in [0.1, 0.15) is 10.5 Å². The summed E-state index contributed by atoms with van der Waals surface area (Å²) in [5, 5.41) is 8.79. The fourth-order valence-electron chi connectivity index (χ4n) is 1.76. The van der Waals surface area contributed by atoms with Crippen molar-refractivity contribution >= 4 is 27.9 Å². The van der Waals surface area contributed by atoms with E-state index in [0.29, 0.717) is 31.9 Å². The summed E-state index contributed by atoms with van der Waals surface area (Å²) in [6, 6.07) is 1.71. The van der Waals surface area contributed by atoms with Crippen LogP contribution in [0.3, 0.4) is 0 Å². The van der Waals surface area contributed by atoms with Gasteiger partial charge in [-0.3, -0.25) is 4.79 Å². The van der Waals surface area contributed by atoms with Gasteiger partial charge in [0, 0.05) is 36.8 Å². The molecule has 0 spiro atoms. The van der Waals surface area contributed by atoms with Crippen LogP contribution in [0, 0.1) is 0 Å². The van der Waals surface area contributed by atoms with E-state index < -0.39 is 6.09 Å². The lowest BCUT2D eigenvalue weighted by molar-refractivity contribution is 0.0620. The number of carbonyl (C=O) groups is 2. The van der Waals surface area contributed by atoms with Crippen molar-refractivity contribution < 1.29 is 14.7 Å². The van der Waals surface area contributed by atoms with E-state index in [4.69, 9.17) is 5.11 Å². The first-order valence-corrected chi connectivity index (χ1v) is 5.98. The van der Waals surface area contributed by atoms with Gasteiger partial charge >= 0.3 is 6.09 Å². The number of rotatable bonds is 1. The molecule has 6 nitrogen and oxygen atoms in total. The van der Waals surface area contributed by atoms with Crippen LogP contribution >= 0.6 is 15.9 Å². The Bertz CT molecular complexity index is 438. The van der Waals surface area contributed by atoms with Crippen LogP contribution in [-0.2, 0) is 0 Å². The number of aromatic amines is 1. The normalized spacial score (nSPS) is 16.1. The number of nitrogens with zero attached hydrogens (tertiary/aromatic N) is 2.